The van der Waals surface area contributed by atoms with Crippen molar-refractivity contribution in [3.8, 4) is 0 Å². The Labute approximate surface area is 286 Å². The first kappa shape index (κ1) is 35.4. The maximum absolute atomic E-state index is 14.1. The third kappa shape index (κ3) is 8.95. The van der Waals surface area contributed by atoms with Crippen LogP contribution in [0.4, 0.5) is 4.79 Å². The van der Waals surface area contributed by atoms with Crippen molar-refractivity contribution in [1.82, 2.24) is 15.1 Å². The maximum Gasteiger partial charge on any atom is 0.408 e. The van der Waals surface area contributed by atoms with Crippen molar-refractivity contribution in [1.29, 1.82) is 0 Å². The molecule has 3 aromatic carbocycles. The van der Waals surface area contributed by atoms with Crippen LogP contribution in [0.3, 0.4) is 0 Å². The van der Waals surface area contributed by atoms with Crippen LogP contribution in [0.15, 0.2) is 72.8 Å². The Morgan fingerprint density at radius 3 is 2.06 bits per heavy atom. The van der Waals surface area contributed by atoms with Gasteiger partial charge in [-0.15, -0.1) is 0 Å². The van der Waals surface area contributed by atoms with Gasteiger partial charge < -0.3 is 29.3 Å². The number of hydrogen-bond acceptors (Lipinski definition) is 8. The van der Waals surface area contributed by atoms with Gasteiger partial charge in [0.25, 0.3) is 0 Å². The van der Waals surface area contributed by atoms with Crippen LogP contribution < -0.4 is 5.32 Å². The van der Waals surface area contributed by atoms with Crippen molar-refractivity contribution in [3.63, 3.8) is 0 Å². The van der Waals surface area contributed by atoms with Crippen LogP contribution >= 0.6 is 0 Å². The molecule has 0 aromatic heterocycles. The van der Waals surface area contributed by atoms with E-state index in [9.17, 15) is 24.0 Å². The van der Waals surface area contributed by atoms with Gasteiger partial charge in [-0.05, 0) is 73.9 Å². The van der Waals surface area contributed by atoms with Crippen molar-refractivity contribution >= 4 is 40.6 Å². The van der Waals surface area contributed by atoms with Crippen LogP contribution in [0.1, 0.15) is 65.0 Å². The Morgan fingerprint density at radius 1 is 0.816 bits per heavy atom. The summed E-state index contributed by atoms with van der Waals surface area (Å²) in [5.41, 5.74) is 0.754. The van der Waals surface area contributed by atoms with Crippen molar-refractivity contribution in [2.45, 2.75) is 96.9 Å². The van der Waals surface area contributed by atoms with Gasteiger partial charge in [0.2, 0.25) is 11.8 Å². The summed E-state index contributed by atoms with van der Waals surface area (Å²) in [5, 5.41) is 4.73. The molecule has 49 heavy (non-hydrogen) atoms. The predicted octanol–water partition coefficient (Wildman–Crippen LogP) is 5.14. The van der Waals surface area contributed by atoms with E-state index in [-0.39, 0.29) is 25.7 Å². The first-order valence-corrected chi connectivity index (χ1v) is 16.8. The smallest absolute Gasteiger partial charge is 0.408 e. The minimum absolute atomic E-state index is 0.0294. The predicted molar refractivity (Wildman–Crippen MR) is 182 cm³/mol. The van der Waals surface area contributed by atoms with Gasteiger partial charge in [0.05, 0.1) is 0 Å². The van der Waals surface area contributed by atoms with Gasteiger partial charge in [0.15, 0.2) is 12.1 Å². The first-order chi connectivity index (χ1) is 23.3. The standard InChI is InChI=1S/C38H45N3O8/c1-24(2)20-29(39-37(46)49-38(3,4)5)33(42)40-19-11-16-30(40)34(43)41-31(35(44)47-22-25-12-7-6-8-13-25)32(41)36(45)48-23-26-17-18-27-14-9-10-15-28(27)21-26/h6-10,12-15,17-18,21,24,29-32H,11,16,19-20,22-23H2,1-5H3,(H,39,46)/t29-,30+,31?,32?,41?/m0/s1. The maximum atomic E-state index is 14.1. The Kier molecular flexibility index (Phi) is 10.9. The van der Waals surface area contributed by atoms with Crippen LogP contribution in [0, 0.1) is 5.92 Å². The van der Waals surface area contributed by atoms with E-state index in [1.807, 2.05) is 74.5 Å². The largest absolute Gasteiger partial charge is 0.459 e. The monoisotopic (exact) mass is 671 g/mol. The second-order valence-electron chi connectivity index (χ2n) is 14.0. The van der Waals surface area contributed by atoms with Crippen LogP contribution in [0.2, 0.25) is 0 Å². The molecular weight excluding hydrogens is 626 g/mol. The summed E-state index contributed by atoms with van der Waals surface area (Å²) in [6, 6.07) is 18.4. The molecule has 4 atom stereocenters. The first-order valence-electron chi connectivity index (χ1n) is 16.8. The average Bonchev–Trinajstić information content (AvgIpc) is 3.62. The minimum atomic E-state index is -1.19. The molecular formula is C38H45N3O8. The lowest BCUT2D eigenvalue weighted by atomic mass is 10.0. The molecule has 5 rings (SSSR count). The second-order valence-corrected chi connectivity index (χ2v) is 14.0. The molecule has 0 spiro atoms. The molecule has 0 radical (unpaired) electrons. The van der Waals surface area contributed by atoms with E-state index >= 15 is 0 Å². The number of fused-ring (bicyclic) bond motifs is 1. The summed E-state index contributed by atoms with van der Waals surface area (Å²) >= 11 is 0. The Morgan fingerprint density at radius 2 is 1.43 bits per heavy atom. The molecule has 2 fully saturated rings. The highest BCUT2D eigenvalue weighted by atomic mass is 16.6. The van der Waals surface area contributed by atoms with E-state index < -0.39 is 59.6 Å². The zero-order chi connectivity index (χ0) is 35.3. The van der Waals surface area contributed by atoms with Gasteiger partial charge in [-0.2, -0.15) is 0 Å². The van der Waals surface area contributed by atoms with E-state index in [1.54, 1.807) is 32.9 Å². The van der Waals surface area contributed by atoms with Crippen molar-refractivity contribution in [3.05, 3.63) is 83.9 Å². The number of nitrogens with zero attached hydrogens (tertiary/aromatic N) is 2. The summed E-state index contributed by atoms with van der Waals surface area (Å²) in [7, 11) is 0. The third-order valence-corrected chi connectivity index (χ3v) is 8.48. The van der Waals surface area contributed by atoms with Gasteiger partial charge in [0, 0.05) is 6.54 Å². The number of hydrogen-bond donors (Lipinski definition) is 1. The lowest BCUT2D eigenvalue weighted by molar-refractivity contribution is -0.148. The van der Waals surface area contributed by atoms with Gasteiger partial charge in [0.1, 0.15) is 30.9 Å². The number of ether oxygens (including phenoxy) is 3. The lowest BCUT2D eigenvalue weighted by Crippen LogP contribution is -2.53. The minimum Gasteiger partial charge on any atom is -0.459 e. The number of benzene rings is 3. The highest BCUT2D eigenvalue weighted by Crippen LogP contribution is 2.35. The summed E-state index contributed by atoms with van der Waals surface area (Å²) in [5.74, 6) is -2.37. The van der Waals surface area contributed by atoms with Gasteiger partial charge in [-0.1, -0.05) is 80.6 Å². The fourth-order valence-electron chi connectivity index (χ4n) is 6.17. The molecule has 0 saturated carbocycles. The van der Waals surface area contributed by atoms with Gasteiger partial charge in [-0.3, -0.25) is 9.59 Å². The molecule has 2 unspecified atom stereocenters. The number of esters is 2. The summed E-state index contributed by atoms with van der Waals surface area (Å²) in [4.78, 5) is 70.1. The summed E-state index contributed by atoms with van der Waals surface area (Å²) in [6.07, 6.45) is 0.482. The Balaban J connectivity index is 1.31. The Hall–Kier alpha value is -4.93. The van der Waals surface area contributed by atoms with Gasteiger partial charge >= 0.3 is 18.0 Å². The van der Waals surface area contributed by atoms with Crippen LogP contribution in [-0.4, -0.2) is 76.0 Å². The molecule has 260 valence electrons. The number of likely N-dealkylation sites (tertiary alicyclic amines) is 1. The normalized spacial score (nSPS) is 19.3. The molecule has 2 saturated heterocycles. The number of carbonyl (C=O) groups excluding carboxylic acids is 5. The zero-order valence-electron chi connectivity index (χ0n) is 28.7. The topological polar surface area (TPSA) is 131 Å². The van der Waals surface area contributed by atoms with E-state index in [0.29, 0.717) is 19.3 Å². The molecule has 2 aliphatic heterocycles. The fraction of sp³-hybridized carbons (Fsp3) is 0.447. The molecule has 0 bridgehead atoms. The number of nitrogens with one attached hydrogen (secondary N) is 1. The third-order valence-electron chi connectivity index (χ3n) is 8.48. The van der Waals surface area contributed by atoms with Gasteiger partial charge in [-0.25, -0.2) is 14.4 Å². The summed E-state index contributed by atoms with van der Waals surface area (Å²) in [6.45, 7) is 9.26. The lowest BCUT2D eigenvalue weighted by Gasteiger charge is -2.30. The van der Waals surface area contributed by atoms with E-state index in [1.165, 1.54) is 9.80 Å². The molecule has 11 nitrogen and oxygen atoms in total. The van der Waals surface area contributed by atoms with E-state index in [0.717, 1.165) is 21.9 Å². The molecule has 3 amide bonds. The average molecular weight is 672 g/mol. The highest BCUT2D eigenvalue weighted by Gasteiger charge is 2.63. The summed E-state index contributed by atoms with van der Waals surface area (Å²) < 4.78 is 16.6. The highest BCUT2D eigenvalue weighted by molar-refractivity contribution is 6.03. The van der Waals surface area contributed by atoms with Crippen molar-refractivity contribution in [2.75, 3.05) is 6.54 Å². The molecule has 2 aliphatic rings. The van der Waals surface area contributed by atoms with Crippen molar-refractivity contribution < 1.29 is 38.2 Å². The van der Waals surface area contributed by atoms with Crippen LogP contribution in [0.25, 0.3) is 10.8 Å². The van der Waals surface area contributed by atoms with E-state index in [2.05, 4.69) is 5.32 Å². The van der Waals surface area contributed by atoms with Crippen LogP contribution in [0.5, 0.6) is 0 Å². The Bertz CT molecular complexity index is 1680. The quantitative estimate of drug-likeness (QED) is 0.169. The second kappa shape index (κ2) is 15.1. The molecule has 11 heteroatoms. The van der Waals surface area contributed by atoms with Crippen molar-refractivity contribution in [2.24, 2.45) is 5.92 Å². The van der Waals surface area contributed by atoms with Crippen LogP contribution in [-0.2, 0) is 46.6 Å². The molecule has 0 aliphatic carbocycles. The fourth-order valence-corrected chi connectivity index (χ4v) is 6.17. The number of carbonyl (C=O) groups is 5. The number of amides is 3. The molecule has 2 heterocycles. The van der Waals surface area contributed by atoms with E-state index in [4.69, 9.17) is 14.2 Å². The number of alkyl carbamates (subject to hydrolysis) is 1. The SMILES string of the molecule is CC(C)C[C@H](NC(=O)OC(C)(C)C)C(=O)N1CCC[C@@H]1C(=O)N1C(C(=O)OCc2ccccc2)C1C(=O)OCc1ccc2ccccc2c1. The zero-order valence-corrected chi connectivity index (χ0v) is 28.7. The molecule has 1 N–H and O–H groups in total. The number of rotatable bonds is 11. The molecule has 3 aromatic rings.